The minimum Gasteiger partial charge on any atom is -0.278 e. The van der Waals surface area contributed by atoms with E-state index in [1.807, 2.05) is 26.8 Å². The molecule has 6 nitrogen and oxygen atoms in total. The van der Waals surface area contributed by atoms with Crippen LogP contribution in [0.1, 0.15) is 24.0 Å². The number of aromatic nitrogens is 4. The first-order valence-corrected chi connectivity index (χ1v) is 6.80. The molecule has 0 saturated carbocycles. The molecule has 0 aliphatic rings. The highest BCUT2D eigenvalue weighted by Gasteiger charge is 2.11. The Bertz CT molecular complexity index is 850. The van der Waals surface area contributed by atoms with E-state index >= 15 is 0 Å². The second kappa shape index (κ2) is 5.51. The van der Waals surface area contributed by atoms with Crippen molar-refractivity contribution in [1.82, 2.24) is 19.8 Å². The summed E-state index contributed by atoms with van der Waals surface area (Å²) in [6, 6.07) is 7.84. The zero-order chi connectivity index (χ0) is 15.7. The van der Waals surface area contributed by atoms with Crippen molar-refractivity contribution in [2.75, 3.05) is 5.43 Å². The van der Waals surface area contributed by atoms with Crippen LogP contribution in [0.2, 0.25) is 0 Å². The van der Waals surface area contributed by atoms with Gasteiger partial charge in [-0.2, -0.15) is 10.2 Å². The monoisotopic (exact) mass is 298 g/mol. The van der Waals surface area contributed by atoms with Crippen LogP contribution in [0.15, 0.2) is 35.4 Å². The molecule has 1 aromatic carbocycles. The maximum absolute atomic E-state index is 12.9. The van der Waals surface area contributed by atoms with Crippen molar-refractivity contribution >= 4 is 17.0 Å². The van der Waals surface area contributed by atoms with Gasteiger partial charge in [0, 0.05) is 6.07 Å². The third kappa shape index (κ3) is 2.65. The third-order valence-electron chi connectivity index (χ3n) is 3.27. The predicted octanol–water partition coefficient (Wildman–Crippen LogP) is 2.72. The summed E-state index contributed by atoms with van der Waals surface area (Å²) in [6.45, 7) is 5.65. The van der Waals surface area contributed by atoms with Gasteiger partial charge in [0.05, 0.1) is 22.8 Å². The molecule has 0 unspecified atom stereocenters. The number of anilines is 1. The predicted molar refractivity (Wildman–Crippen MR) is 82.5 cm³/mol. The lowest BCUT2D eigenvalue weighted by atomic mass is 10.2. The number of benzene rings is 1. The summed E-state index contributed by atoms with van der Waals surface area (Å²) < 4.78 is 14.6. The highest BCUT2D eigenvalue weighted by molar-refractivity contribution is 5.98. The Kier molecular flexibility index (Phi) is 3.54. The topological polar surface area (TPSA) is 67.5 Å². The molecular weight excluding hydrogens is 283 g/mol. The molecule has 2 aromatic heterocycles. The third-order valence-corrected chi connectivity index (χ3v) is 3.27. The van der Waals surface area contributed by atoms with E-state index in [0.29, 0.717) is 22.7 Å². The number of hydrogen-bond donors (Lipinski definition) is 1. The van der Waals surface area contributed by atoms with E-state index in [0.717, 1.165) is 11.4 Å². The molecule has 0 fully saturated rings. The molecule has 0 radical (unpaired) electrons. The fourth-order valence-electron chi connectivity index (χ4n) is 2.14. The van der Waals surface area contributed by atoms with Crippen LogP contribution in [-0.2, 0) is 0 Å². The second-order valence-electron chi connectivity index (χ2n) is 5.01. The van der Waals surface area contributed by atoms with Crippen LogP contribution >= 0.6 is 0 Å². The Morgan fingerprint density at radius 3 is 2.64 bits per heavy atom. The van der Waals surface area contributed by atoms with Crippen molar-refractivity contribution < 1.29 is 4.39 Å². The molecule has 0 bridgehead atoms. The molecule has 0 aliphatic heterocycles. The van der Waals surface area contributed by atoms with Gasteiger partial charge in [-0.1, -0.05) is 0 Å². The summed E-state index contributed by atoms with van der Waals surface area (Å²) in [5.74, 6) is -0.285. The molecule has 0 atom stereocenters. The molecule has 0 amide bonds. The summed E-state index contributed by atoms with van der Waals surface area (Å²) in [7, 11) is 0. The van der Waals surface area contributed by atoms with Gasteiger partial charge in [-0.3, -0.25) is 5.43 Å². The van der Waals surface area contributed by atoms with Gasteiger partial charge in [0.25, 0.3) is 0 Å². The molecule has 22 heavy (non-hydrogen) atoms. The molecular formula is C15H15FN6. The maximum atomic E-state index is 12.9. The second-order valence-corrected chi connectivity index (χ2v) is 5.01. The summed E-state index contributed by atoms with van der Waals surface area (Å²) in [4.78, 5) is 0. The fraction of sp³-hybridized carbons (Fsp3) is 0.200. The van der Waals surface area contributed by atoms with Crippen molar-refractivity contribution in [2.24, 2.45) is 5.10 Å². The first-order valence-electron chi connectivity index (χ1n) is 6.80. The Morgan fingerprint density at radius 2 is 1.91 bits per heavy atom. The van der Waals surface area contributed by atoms with Crippen LogP contribution in [0.25, 0.3) is 5.65 Å². The Labute approximate surface area is 126 Å². The molecule has 0 saturated heterocycles. The van der Waals surface area contributed by atoms with Gasteiger partial charge in [0.2, 0.25) is 0 Å². The van der Waals surface area contributed by atoms with Crippen LogP contribution in [0, 0.1) is 19.7 Å². The van der Waals surface area contributed by atoms with E-state index in [-0.39, 0.29) is 5.82 Å². The minimum absolute atomic E-state index is 0.285. The number of hydrogen-bond acceptors (Lipinski definition) is 5. The van der Waals surface area contributed by atoms with Crippen LogP contribution in [0.4, 0.5) is 10.1 Å². The molecule has 3 rings (SSSR count). The molecule has 2 heterocycles. The number of rotatable bonds is 3. The highest BCUT2D eigenvalue weighted by atomic mass is 19.1. The normalized spacial score (nSPS) is 11.9. The zero-order valence-corrected chi connectivity index (χ0v) is 12.5. The number of fused-ring (bicyclic) bond motifs is 1. The quantitative estimate of drug-likeness (QED) is 0.596. The van der Waals surface area contributed by atoms with E-state index < -0.39 is 0 Å². The van der Waals surface area contributed by atoms with E-state index in [2.05, 4.69) is 25.8 Å². The van der Waals surface area contributed by atoms with Gasteiger partial charge >= 0.3 is 0 Å². The molecule has 0 aliphatic carbocycles. The van der Waals surface area contributed by atoms with Crippen molar-refractivity contribution in [3.8, 4) is 0 Å². The van der Waals surface area contributed by atoms with Crippen LogP contribution in [-0.4, -0.2) is 25.5 Å². The minimum atomic E-state index is -0.285. The maximum Gasteiger partial charge on any atom is 0.177 e. The standard InChI is InChI=1S/C15H15FN6/c1-9-8-14-19-20-15(11(3)22(14)21-9)10(2)17-18-13-6-4-12(16)5-7-13/h4-8,18H,1-3H3. The number of hydrazone groups is 1. The van der Waals surface area contributed by atoms with Crippen LogP contribution in [0.5, 0.6) is 0 Å². The molecule has 7 heteroatoms. The Morgan fingerprint density at radius 1 is 1.18 bits per heavy atom. The van der Waals surface area contributed by atoms with E-state index in [1.165, 1.54) is 12.1 Å². The summed E-state index contributed by atoms with van der Waals surface area (Å²) >= 11 is 0. The summed E-state index contributed by atoms with van der Waals surface area (Å²) in [6.07, 6.45) is 0. The largest absolute Gasteiger partial charge is 0.278 e. The van der Waals surface area contributed by atoms with Gasteiger partial charge in [0.1, 0.15) is 11.5 Å². The van der Waals surface area contributed by atoms with E-state index in [4.69, 9.17) is 0 Å². The van der Waals surface area contributed by atoms with Crippen molar-refractivity contribution in [2.45, 2.75) is 20.8 Å². The SMILES string of the molecule is CC(=NNc1ccc(F)cc1)c1nnc2cc(C)nn2c1C. The molecule has 0 spiro atoms. The van der Waals surface area contributed by atoms with Gasteiger partial charge in [-0.05, 0) is 45.0 Å². The smallest absolute Gasteiger partial charge is 0.177 e. The van der Waals surface area contributed by atoms with Crippen molar-refractivity contribution in [3.63, 3.8) is 0 Å². The molecule has 112 valence electrons. The number of aryl methyl sites for hydroxylation is 2. The molecule has 3 aromatic rings. The summed E-state index contributed by atoms with van der Waals surface area (Å²) in [5.41, 5.74) is 7.35. The Hall–Kier alpha value is -2.83. The zero-order valence-electron chi connectivity index (χ0n) is 12.5. The van der Waals surface area contributed by atoms with Gasteiger partial charge < -0.3 is 0 Å². The first-order chi connectivity index (χ1) is 10.5. The van der Waals surface area contributed by atoms with Crippen molar-refractivity contribution in [3.05, 3.63) is 53.2 Å². The number of nitrogens with one attached hydrogen (secondary N) is 1. The average molecular weight is 298 g/mol. The lowest BCUT2D eigenvalue weighted by molar-refractivity contribution is 0.628. The number of halogens is 1. The number of nitrogens with zero attached hydrogens (tertiary/aromatic N) is 5. The lowest BCUT2D eigenvalue weighted by Crippen LogP contribution is -2.11. The van der Waals surface area contributed by atoms with Crippen LogP contribution in [0.3, 0.4) is 0 Å². The van der Waals surface area contributed by atoms with Gasteiger partial charge in [0.15, 0.2) is 5.65 Å². The van der Waals surface area contributed by atoms with Gasteiger partial charge in [-0.25, -0.2) is 8.91 Å². The summed E-state index contributed by atoms with van der Waals surface area (Å²) in [5, 5.41) is 17.0. The van der Waals surface area contributed by atoms with Crippen LogP contribution < -0.4 is 5.43 Å². The fourth-order valence-corrected chi connectivity index (χ4v) is 2.14. The lowest BCUT2D eigenvalue weighted by Gasteiger charge is -2.06. The van der Waals surface area contributed by atoms with Gasteiger partial charge in [-0.15, -0.1) is 10.2 Å². The van der Waals surface area contributed by atoms with Crippen molar-refractivity contribution in [1.29, 1.82) is 0 Å². The Balaban J connectivity index is 1.90. The highest BCUT2D eigenvalue weighted by Crippen LogP contribution is 2.11. The average Bonchev–Trinajstić information content (AvgIpc) is 2.88. The van der Waals surface area contributed by atoms with E-state index in [9.17, 15) is 4.39 Å². The first kappa shape index (κ1) is 14.1. The van der Waals surface area contributed by atoms with E-state index in [1.54, 1.807) is 16.6 Å². The molecule has 1 N–H and O–H groups in total.